The molecule has 3 aliphatic rings. The monoisotopic (exact) mass is 677 g/mol. The van der Waals surface area contributed by atoms with Crippen molar-refractivity contribution in [2.45, 2.75) is 18.9 Å². The van der Waals surface area contributed by atoms with Gasteiger partial charge >= 0.3 is 0 Å². The second-order valence-electron chi connectivity index (χ2n) is 13.3. The van der Waals surface area contributed by atoms with E-state index >= 15 is 0 Å². The quantitative estimate of drug-likeness (QED) is 0.148. The summed E-state index contributed by atoms with van der Waals surface area (Å²) in [6.07, 6.45) is 6.91. The van der Waals surface area contributed by atoms with Crippen LogP contribution in [-0.2, 0) is 4.79 Å². The SMILES string of the molecule is C=CC(=O)Nc1cc(Nc2ncc(Oc3ccc(F)cc3F)c(-c3cn(C4CC4)c4ccccc34)n2)c(OC)cc1N1C[C@H]2CN(C)C[C@H]2C1. The molecular formula is C38H37F2N7O3. The van der Waals surface area contributed by atoms with Crippen molar-refractivity contribution in [2.75, 3.05) is 55.9 Å². The Bertz CT molecular complexity index is 2120. The lowest BCUT2D eigenvalue weighted by Gasteiger charge is -2.26. The summed E-state index contributed by atoms with van der Waals surface area (Å²) in [5, 5.41) is 7.22. The normalized spacial score (nSPS) is 18.7. The van der Waals surface area contributed by atoms with Crippen LogP contribution in [0.5, 0.6) is 17.2 Å². The lowest BCUT2D eigenvalue weighted by atomic mass is 10.0. The Morgan fingerprint density at radius 3 is 2.48 bits per heavy atom. The molecule has 50 heavy (non-hydrogen) atoms. The van der Waals surface area contributed by atoms with Gasteiger partial charge in [-0.25, -0.2) is 18.7 Å². The van der Waals surface area contributed by atoms with Crippen LogP contribution in [0.15, 0.2) is 79.6 Å². The zero-order valence-electron chi connectivity index (χ0n) is 27.8. The molecule has 0 spiro atoms. The molecule has 0 radical (unpaired) electrons. The predicted octanol–water partition coefficient (Wildman–Crippen LogP) is 7.38. The summed E-state index contributed by atoms with van der Waals surface area (Å²) in [5.41, 5.74) is 4.24. The van der Waals surface area contributed by atoms with Gasteiger partial charge in [0.15, 0.2) is 17.3 Å². The van der Waals surface area contributed by atoms with E-state index in [1.54, 1.807) is 7.11 Å². The largest absolute Gasteiger partial charge is 0.494 e. The Kier molecular flexibility index (Phi) is 8.10. The van der Waals surface area contributed by atoms with Crippen LogP contribution >= 0.6 is 0 Å². The van der Waals surface area contributed by atoms with Crippen LogP contribution in [-0.4, -0.2) is 65.7 Å². The summed E-state index contributed by atoms with van der Waals surface area (Å²) < 4.78 is 42.7. The van der Waals surface area contributed by atoms with E-state index in [4.69, 9.17) is 14.5 Å². The molecule has 2 N–H and O–H groups in total. The van der Waals surface area contributed by atoms with E-state index in [-0.39, 0.29) is 23.4 Å². The molecule has 4 heterocycles. The number of anilines is 4. The fourth-order valence-corrected chi connectivity index (χ4v) is 7.35. The minimum Gasteiger partial charge on any atom is -0.494 e. The molecule has 2 atom stereocenters. The molecule has 1 aliphatic carbocycles. The molecule has 0 unspecified atom stereocenters. The summed E-state index contributed by atoms with van der Waals surface area (Å²) in [6.45, 7) is 7.47. The number of carbonyl (C=O) groups is 1. The van der Waals surface area contributed by atoms with Gasteiger partial charge in [0.05, 0.1) is 30.4 Å². The molecule has 2 aliphatic heterocycles. The van der Waals surface area contributed by atoms with Gasteiger partial charge in [0.25, 0.3) is 0 Å². The number of nitrogens with one attached hydrogen (secondary N) is 2. The number of carbonyl (C=O) groups excluding carboxylic acids is 1. The molecule has 3 aromatic carbocycles. The number of halogens is 2. The first-order valence-corrected chi connectivity index (χ1v) is 16.7. The third-order valence-electron chi connectivity index (χ3n) is 9.82. The van der Waals surface area contributed by atoms with Gasteiger partial charge in [-0.1, -0.05) is 24.8 Å². The average Bonchev–Trinajstić information content (AvgIpc) is 3.64. The van der Waals surface area contributed by atoms with E-state index in [0.29, 0.717) is 40.7 Å². The van der Waals surface area contributed by atoms with Crippen LogP contribution in [0.25, 0.3) is 22.2 Å². The predicted molar refractivity (Wildman–Crippen MR) is 189 cm³/mol. The number of benzene rings is 3. The highest BCUT2D eigenvalue weighted by Crippen LogP contribution is 2.45. The van der Waals surface area contributed by atoms with E-state index in [1.807, 2.05) is 36.5 Å². The van der Waals surface area contributed by atoms with E-state index in [2.05, 4.69) is 49.7 Å². The maximum absolute atomic E-state index is 14.8. The van der Waals surface area contributed by atoms with Crippen LogP contribution in [0, 0.1) is 23.5 Å². The molecule has 10 nitrogen and oxygen atoms in total. The van der Waals surface area contributed by atoms with Crippen molar-refractivity contribution in [3.63, 3.8) is 0 Å². The minimum absolute atomic E-state index is 0.152. The van der Waals surface area contributed by atoms with Crippen LogP contribution < -0.4 is 25.0 Å². The highest BCUT2D eigenvalue weighted by atomic mass is 19.1. The second kappa shape index (κ2) is 12.8. The van der Waals surface area contributed by atoms with E-state index < -0.39 is 11.6 Å². The fourth-order valence-electron chi connectivity index (χ4n) is 7.35. The smallest absolute Gasteiger partial charge is 0.247 e. The molecule has 8 rings (SSSR count). The Labute approximate surface area is 288 Å². The number of amides is 1. The Morgan fingerprint density at radius 1 is 0.980 bits per heavy atom. The first-order chi connectivity index (χ1) is 24.3. The van der Waals surface area contributed by atoms with Gasteiger partial charge in [0.1, 0.15) is 17.3 Å². The van der Waals surface area contributed by atoms with Gasteiger partial charge in [-0.3, -0.25) is 4.79 Å². The number of hydrogen-bond donors (Lipinski definition) is 2. The van der Waals surface area contributed by atoms with Gasteiger partial charge in [-0.05, 0) is 62.1 Å². The third kappa shape index (κ3) is 6.00. The van der Waals surface area contributed by atoms with Crippen LogP contribution in [0.1, 0.15) is 18.9 Å². The van der Waals surface area contributed by atoms with Gasteiger partial charge < -0.3 is 34.5 Å². The summed E-state index contributed by atoms with van der Waals surface area (Å²) >= 11 is 0. The minimum atomic E-state index is -0.842. The zero-order valence-corrected chi connectivity index (χ0v) is 27.8. The van der Waals surface area contributed by atoms with E-state index in [1.165, 1.54) is 18.3 Å². The van der Waals surface area contributed by atoms with Crippen LogP contribution in [0.3, 0.4) is 0 Å². The number of fused-ring (bicyclic) bond motifs is 2. The van der Waals surface area contributed by atoms with Crippen molar-refractivity contribution < 1.29 is 23.0 Å². The number of methoxy groups -OCH3 is 1. The molecule has 5 aromatic rings. The Balaban J connectivity index is 1.20. The van der Waals surface area contributed by atoms with Crippen LogP contribution in [0.4, 0.5) is 31.8 Å². The highest BCUT2D eigenvalue weighted by Gasteiger charge is 2.39. The van der Waals surface area contributed by atoms with Gasteiger partial charge in [-0.15, -0.1) is 0 Å². The van der Waals surface area contributed by atoms with Crippen molar-refractivity contribution >= 4 is 39.8 Å². The van der Waals surface area contributed by atoms with E-state index in [9.17, 15) is 13.6 Å². The van der Waals surface area contributed by atoms with E-state index in [0.717, 1.165) is 73.3 Å². The molecule has 0 bridgehead atoms. The molecule has 1 amide bonds. The number of aromatic nitrogens is 3. The zero-order chi connectivity index (χ0) is 34.5. The number of para-hydroxylation sites is 1. The summed E-state index contributed by atoms with van der Waals surface area (Å²) in [4.78, 5) is 26.7. The maximum atomic E-state index is 14.8. The standard InChI is InChI=1S/C38H37F2N7O3/c1-4-36(48)42-29-14-30(34(49-3)15-32(29)46-19-22-17-45(2)18-23(22)20-46)43-38-41-16-35(50-33-12-9-24(39)13-28(33)40)37(44-38)27-21-47(25-10-11-25)31-8-6-5-7-26(27)31/h4-9,12-16,21-23,25H,1,10-11,17-20H2,2-3H3,(H,42,48)(H,41,43,44)/t22-,23+. The van der Waals surface area contributed by atoms with Gasteiger partial charge in [0, 0.05) is 67.0 Å². The molecule has 3 fully saturated rings. The van der Waals surface area contributed by atoms with Crippen LogP contribution in [0.2, 0.25) is 0 Å². The third-order valence-corrected chi connectivity index (χ3v) is 9.82. The lowest BCUT2D eigenvalue weighted by molar-refractivity contribution is -0.111. The van der Waals surface area contributed by atoms with Gasteiger partial charge in [-0.2, -0.15) is 0 Å². The number of ether oxygens (including phenoxy) is 2. The number of rotatable bonds is 10. The van der Waals surface area contributed by atoms with Crippen molar-refractivity contribution in [2.24, 2.45) is 11.8 Å². The van der Waals surface area contributed by atoms with Crippen molar-refractivity contribution in [3.8, 4) is 28.5 Å². The second-order valence-corrected chi connectivity index (χ2v) is 13.3. The summed E-state index contributed by atoms with van der Waals surface area (Å²) in [6, 6.07) is 15.3. The lowest BCUT2D eigenvalue weighted by Crippen LogP contribution is -2.27. The number of nitrogens with zero attached hydrogens (tertiary/aromatic N) is 5. The highest BCUT2D eigenvalue weighted by molar-refractivity contribution is 6.02. The number of likely N-dealkylation sites (tertiary alicyclic amines) is 1. The molecule has 2 aromatic heterocycles. The molecule has 256 valence electrons. The summed E-state index contributed by atoms with van der Waals surface area (Å²) in [5.74, 6) is 0.0275. The van der Waals surface area contributed by atoms with Gasteiger partial charge in [0.2, 0.25) is 11.9 Å². The molecule has 2 saturated heterocycles. The topological polar surface area (TPSA) is 96.8 Å². The first kappa shape index (κ1) is 31.8. The van der Waals surface area contributed by atoms with Crippen molar-refractivity contribution in [1.82, 2.24) is 19.4 Å². The molecule has 12 heteroatoms. The fraction of sp³-hybridized carbons (Fsp3) is 0.289. The maximum Gasteiger partial charge on any atom is 0.247 e. The average molecular weight is 678 g/mol. The molecular weight excluding hydrogens is 640 g/mol. The van der Waals surface area contributed by atoms with Crippen molar-refractivity contribution in [3.05, 3.63) is 91.3 Å². The molecule has 1 saturated carbocycles. The summed E-state index contributed by atoms with van der Waals surface area (Å²) in [7, 11) is 3.74. The number of hydrogen-bond acceptors (Lipinski definition) is 8. The first-order valence-electron chi connectivity index (χ1n) is 16.7. The Morgan fingerprint density at radius 2 is 1.76 bits per heavy atom. The van der Waals surface area contributed by atoms with Crippen molar-refractivity contribution in [1.29, 1.82) is 0 Å². The Hall–Kier alpha value is -5.49.